The van der Waals surface area contributed by atoms with Gasteiger partial charge >= 0.3 is 0 Å². The number of imidazole rings is 1. The number of nitrogens with one attached hydrogen (secondary N) is 2. The van der Waals surface area contributed by atoms with Crippen molar-refractivity contribution in [3.8, 4) is 5.69 Å². The van der Waals surface area contributed by atoms with Crippen LogP contribution in [-0.2, 0) is 16.0 Å². The number of rotatable bonds is 6. The number of hydrogen-bond acceptors (Lipinski definition) is 3. The number of fused-ring (bicyclic) bond motifs is 1. The fourth-order valence-electron chi connectivity index (χ4n) is 3.44. The summed E-state index contributed by atoms with van der Waals surface area (Å²) in [5.74, 6) is 0.574. The van der Waals surface area contributed by atoms with Crippen LogP contribution in [0, 0.1) is 0 Å². The van der Waals surface area contributed by atoms with E-state index in [1.807, 2.05) is 54.6 Å². The predicted octanol–water partition coefficient (Wildman–Crippen LogP) is 4.56. The quantitative estimate of drug-likeness (QED) is 0.500. The Morgan fingerprint density at radius 1 is 0.867 bits per heavy atom. The zero-order valence-corrected chi connectivity index (χ0v) is 16.6. The highest BCUT2D eigenvalue weighted by atomic mass is 16.2. The summed E-state index contributed by atoms with van der Waals surface area (Å²) in [7, 11) is 0. The minimum Gasteiger partial charge on any atom is -0.326 e. The molecule has 0 radical (unpaired) electrons. The van der Waals surface area contributed by atoms with Gasteiger partial charge in [0.15, 0.2) is 0 Å². The minimum atomic E-state index is -0.154. The van der Waals surface area contributed by atoms with Gasteiger partial charge in [0, 0.05) is 36.8 Å². The number of aryl methyl sites for hydroxylation is 1. The van der Waals surface area contributed by atoms with Gasteiger partial charge in [-0.05, 0) is 42.5 Å². The Morgan fingerprint density at radius 2 is 1.57 bits per heavy atom. The highest BCUT2D eigenvalue weighted by Gasteiger charge is 2.14. The van der Waals surface area contributed by atoms with E-state index in [1.54, 1.807) is 24.3 Å². The molecule has 0 aliphatic heterocycles. The SMILES string of the molecule is CC(=O)Nc1cccc(NC(=O)CCc2nc3ccccc3n2-c2ccccc2)c1. The maximum absolute atomic E-state index is 12.5. The number of carbonyl (C=O) groups is 2. The van der Waals surface area contributed by atoms with Gasteiger partial charge in [-0.25, -0.2) is 4.98 Å². The minimum absolute atomic E-state index is 0.110. The van der Waals surface area contributed by atoms with Crippen LogP contribution in [0.1, 0.15) is 19.2 Å². The molecule has 4 aromatic rings. The maximum atomic E-state index is 12.5. The van der Waals surface area contributed by atoms with Gasteiger partial charge in [-0.15, -0.1) is 0 Å². The highest BCUT2D eigenvalue weighted by molar-refractivity contribution is 5.93. The summed E-state index contributed by atoms with van der Waals surface area (Å²) in [5, 5.41) is 5.60. The van der Waals surface area contributed by atoms with Gasteiger partial charge in [-0.2, -0.15) is 0 Å². The lowest BCUT2D eigenvalue weighted by Gasteiger charge is -2.10. The summed E-state index contributed by atoms with van der Waals surface area (Å²) in [6, 6.07) is 25.1. The molecule has 0 atom stereocenters. The van der Waals surface area contributed by atoms with Gasteiger partial charge in [0.25, 0.3) is 0 Å². The zero-order valence-electron chi connectivity index (χ0n) is 16.6. The largest absolute Gasteiger partial charge is 0.326 e. The number of para-hydroxylation sites is 3. The molecular weight excluding hydrogens is 376 g/mol. The van der Waals surface area contributed by atoms with Crippen molar-refractivity contribution in [2.45, 2.75) is 19.8 Å². The van der Waals surface area contributed by atoms with E-state index in [2.05, 4.69) is 15.2 Å². The molecule has 0 bridgehead atoms. The van der Waals surface area contributed by atoms with Crippen LogP contribution in [0.4, 0.5) is 11.4 Å². The first-order chi connectivity index (χ1) is 14.6. The van der Waals surface area contributed by atoms with Gasteiger partial charge in [0.1, 0.15) is 5.82 Å². The first-order valence-corrected chi connectivity index (χ1v) is 9.79. The van der Waals surface area contributed by atoms with Gasteiger partial charge in [0.05, 0.1) is 11.0 Å². The van der Waals surface area contributed by atoms with Crippen LogP contribution < -0.4 is 10.6 Å². The lowest BCUT2D eigenvalue weighted by atomic mass is 10.2. The number of aromatic nitrogens is 2. The Balaban J connectivity index is 1.51. The summed E-state index contributed by atoms with van der Waals surface area (Å²) in [6.07, 6.45) is 0.793. The zero-order chi connectivity index (χ0) is 20.9. The molecule has 0 spiro atoms. The number of amides is 2. The van der Waals surface area contributed by atoms with Crippen molar-refractivity contribution >= 4 is 34.2 Å². The fourth-order valence-corrected chi connectivity index (χ4v) is 3.44. The summed E-state index contributed by atoms with van der Waals surface area (Å²) in [4.78, 5) is 28.5. The second-order valence-corrected chi connectivity index (χ2v) is 7.00. The van der Waals surface area contributed by atoms with Crippen molar-refractivity contribution in [3.63, 3.8) is 0 Å². The maximum Gasteiger partial charge on any atom is 0.224 e. The molecule has 2 N–H and O–H groups in total. The molecule has 1 heterocycles. The molecule has 150 valence electrons. The van der Waals surface area contributed by atoms with Crippen molar-refractivity contribution < 1.29 is 9.59 Å². The molecule has 2 amide bonds. The smallest absolute Gasteiger partial charge is 0.224 e. The molecule has 3 aromatic carbocycles. The van der Waals surface area contributed by atoms with E-state index in [0.29, 0.717) is 24.2 Å². The van der Waals surface area contributed by atoms with Gasteiger partial charge in [-0.3, -0.25) is 14.2 Å². The monoisotopic (exact) mass is 398 g/mol. The molecule has 30 heavy (non-hydrogen) atoms. The van der Waals surface area contributed by atoms with E-state index >= 15 is 0 Å². The molecule has 6 heteroatoms. The van der Waals surface area contributed by atoms with E-state index in [-0.39, 0.29) is 11.8 Å². The van der Waals surface area contributed by atoms with Crippen molar-refractivity contribution in [1.29, 1.82) is 0 Å². The van der Waals surface area contributed by atoms with E-state index < -0.39 is 0 Å². The number of carbonyl (C=O) groups excluding carboxylic acids is 2. The Hall–Kier alpha value is -3.93. The Morgan fingerprint density at radius 3 is 2.33 bits per heavy atom. The third kappa shape index (κ3) is 4.38. The average Bonchev–Trinajstić information content (AvgIpc) is 3.11. The first kappa shape index (κ1) is 19.4. The van der Waals surface area contributed by atoms with Gasteiger partial charge in [0.2, 0.25) is 11.8 Å². The molecule has 0 aliphatic rings. The van der Waals surface area contributed by atoms with Gasteiger partial charge < -0.3 is 10.6 Å². The summed E-state index contributed by atoms with van der Waals surface area (Å²) < 4.78 is 2.10. The standard InChI is InChI=1S/C24H22N4O2/c1-17(29)25-18-8-7-9-19(16-18)26-24(30)15-14-23-27-21-12-5-6-13-22(21)28(23)20-10-3-2-4-11-20/h2-13,16H,14-15H2,1H3,(H,25,29)(H,26,30). The first-order valence-electron chi connectivity index (χ1n) is 9.79. The van der Waals surface area contributed by atoms with Gasteiger partial charge in [-0.1, -0.05) is 36.4 Å². The molecule has 0 saturated heterocycles. The molecule has 0 aliphatic carbocycles. The van der Waals surface area contributed by atoms with Crippen molar-refractivity contribution in [2.24, 2.45) is 0 Å². The lowest BCUT2D eigenvalue weighted by Crippen LogP contribution is -2.14. The lowest BCUT2D eigenvalue weighted by molar-refractivity contribution is -0.116. The molecule has 1 aromatic heterocycles. The van der Waals surface area contributed by atoms with E-state index in [4.69, 9.17) is 4.98 Å². The number of benzene rings is 3. The summed E-state index contributed by atoms with van der Waals surface area (Å²) in [5.41, 5.74) is 4.22. The van der Waals surface area contributed by atoms with Crippen LogP contribution in [-0.4, -0.2) is 21.4 Å². The van der Waals surface area contributed by atoms with Crippen molar-refractivity contribution in [1.82, 2.24) is 9.55 Å². The summed E-state index contributed by atoms with van der Waals surface area (Å²) in [6.45, 7) is 1.45. The van der Waals surface area contributed by atoms with Crippen LogP contribution in [0.2, 0.25) is 0 Å². The Labute approximate surface area is 174 Å². The van der Waals surface area contributed by atoms with Crippen LogP contribution >= 0.6 is 0 Å². The third-order valence-corrected chi connectivity index (χ3v) is 4.69. The molecule has 0 saturated carbocycles. The van der Waals surface area contributed by atoms with E-state index in [9.17, 15) is 9.59 Å². The average molecular weight is 398 g/mol. The third-order valence-electron chi connectivity index (χ3n) is 4.69. The Bertz CT molecular complexity index is 1200. The topological polar surface area (TPSA) is 76.0 Å². The normalized spacial score (nSPS) is 10.7. The summed E-state index contributed by atoms with van der Waals surface area (Å²) >= 11 is 0. The van der Waals surface area contributed by atoms with E-state index in [1.165, 1.54) is 6.92 Å². The number of anilines is 2. The molecule has 0 fully saturated rings. The van der Waals surface area contributed by atoms with Crippen molar-refractivity contribution in [2.75, 3.05) is 10.6 Å². The molecular formula is C24H22N4O2. The molecule has 6 nitrogen and oxygen atoms in total. The van der Waals surface area contributed by atoms with Crippen LogP contribution in [0.15, 0.2) is 78.9 Å². The second kappa shape index (κ2) is 8.61. The van der Waals surface area contributed by atoms with E-state index in [0.717, 1.165) is 22.5 Å². The predicted molar refractivity (Wildman–Crippen MR) is 119 cm³/mol. The van der Waals surface area contributed by atoms with Crippen LogP contribution in [0.5, 0.6) is 0 Å². The highest BCUT2D eigenvalue weighted by Crippen LogP contribution is 2.22. The fraction of sp³-hybridized carbons (Fsp3) is 0.125. The van der Waals surface area contributed by atoms with Crippen molar-refractivity contribution in [3.05, 3.63) is 84.7 Å². The van der Waals surface area contributed by atoms with Crippen LogP contribution in [0.25, 0.3) is 16.7 Å². The number of hydrogen-bond donors (Lipinski definition) is 2. The molecule has 0 unspecified atom stereocenters. The number of nitrogens with zero attached hydrogens (tertiary/aromatic N) is 2. The molecule has 4 rings (SSSR count). The van der Waals surface area contributed by atoms with Crippen LogP contribution in [0.3, 0.4) is 0 Å². The Kier molecular flexibility index (Phi) is 5.57. The second-order valence-electron chi connectivity index (χ2n) is 7.00.